The Morgan fingerprint density at radius 1 is 1.30 bits per heavy atom. The fourth-order valence-corrected chi connectivity index (χ4v) is 2.12. The zero-order valence-corrected chi connectivity index (χ0v) is 12.4. The number of benzene rings is 2. The van der Waals surface area contributed by atoms with E-state index in [1.54, 1.807) is 6.07 Å². The molecule has 104 valence electrons. The van der Waals surface area contributed by atoms with Gasteiger partial charge in [-0.1, -0.05) is 17.7 Å². The van der Waals surface area contributed by atoms with Crippen molar-refractivity contribution in [3.63, 3.8) is 0 Å². The van der Waals surface area contributed by atoms with Crippen LogP contribution in [0.3, 0.4) is 0 Å². The van der Waals surface area contributed by atoms with E-state index < -0.39 is 11.8 Å². The molecule has 20 heavy (non-hydrogen) atoms. The third-order valence-corrected chi connectivity index (χ3v) is 3.58. The molecule has 2 aromatic rings. The lowest BCUT2D eigenvalue weighted by Crippen LogP contribution is -2.00. The van der Waals surface area contributed by atoms with Gasteiger partial charge in [0.15, 0.2) is 0 Å². The number of aromatic carboxylic acids is 1. The SMILES string of the molecule is O=C(O)c1ccc(Br)c(OCc2ccc(F)cc2Cl)c1. The minimum Gasteiger partial charge on any atom is -0.488 e. The van der Waals surface area contributed by atoms with Gasteiger partial charge in [0.25, 0.3) is 0 Å². The van der Waals surface area contributed by atoms with Crippen molar-refractivity contribution in [2.45, 2.75) is 6.61 Å². The van der Waals surface area contributed by atoms with E-state index in [1.807, 2.05) is 0 Å². The number of carbonyl (C=O) groups is 1. The Morgan fingerprint density at radius 3 is 2.70 bits per heavy atom. The second-order valence-corrected chi connectivity index (χ2v) is 5.24. The summed E-state index contributed by atoms with van der Waals surface area (Å²) in [6.07, 6.45) is 0. The minimum absolute atomic E-state index is 0.112. The minimum atomic E-state index is -1.04. The van der Waals surface area contributed by atoms with E-state index >= 15 is 0 Å². The first-order valence-electron chi connectivity index (χ1n) is 5.57. The monoisotopic (exact) mass is 358 g/mol. The summed E-state index contributed by atoms with van der Waals surface area (Å²) in [6, 6.07) is 8.46. The lowest BCUT2D eigenvalue weighted by Gasteiger charge is -2.10. The fraction of sp³-hybridized carbons (Fsp3) is 0.0714. The highest BCUT2D eigenvalue weighted by atomic mass is 79.9. The van der Waals surface area contributed by atoms with E-state index in [4.69, 9.17) is 21.4 Å². The highest BCUT2D eigenvalue weighted by Crippen LogP contribution is 2.28. The largest absolute Gasteiger partial charge is 0.488 e. The molecular formula is C14H9BrClFO3. The molecule has 0 saturated carbocycles. The quantitative estimate of drug-likeness (QED) is 0.873. The van der Waals surface area contributed by atoms with Crippen molar-refractivity contribution in [2.24, 2.45) is 0 Å². The van der Waals surface area contributed by atoms with E-state index in [0.29, 0.717) is 15.8 Å². The predicted molar refractivity (Wildman–Crippen MR) is 76.8 cm³/mol. The van der Waals surface area contributed by atoms with Gasteiger partial charge in [-0.05, 0) is 46.3 Å². The topological polar surface area (TPSA) is 46.5 Å². The van der Waals surface area contributed by atoms with Crippen LogP contribution < -0.4 is 4.74 Å². The van der Waals surface area contributed by atoms with Gasteiger partial charge < -0.3 is 9.84 Å². The first-order valence-corrected chi connectivity index (χ1v) is 6.74. The Morgan fingerprint density at radius 2 is 2.05 bits per heavy atom. The molecule has 0 atom stereocenters. The number of hydrogen-bond acceptors (Lipinski definition) is 2. The zero-order valence-electron chi connectivity index (χ0n) is 10.1. The Bertz CT molecular complexity index is 661. The van der Waals surface area contributed by atoms with Crippen molar-refractivity contribution in [1.29, 1.82) is 0 Å². The highest BCUT2D eigenvalue weighted by Gasteiger charge is 2.09. The average Bonchev–Trinajstić information content (AvgIpc) is 2.39. The number of rotatable bonds is 4. The number of ether oxygens (including phenoxy) is 1. The Kier molecular flexibility index (Phi) is 4.62. The molecule has 0 aliphatic rings. The lowest BCUT2D eigenvalue weighted by molar-refractivity contribution is 0.0696. The van der Waals surface area contributed by atoms with Crippen molar-refractivity contribution in [1.82, 2.24) is 0 Å². The van der Waals surface area contributed by atoms with Crippen LogP contribution in [0.15, 0.2) is 40.9 Å². The predicted octanol–water partition coefficient (Wildman–Crippen LogP) is 4.52. The average molecular weight is 360 g/mol. The van der Waals surface area contributed by atoms with Crippen LogP contribution in [0, 0.1) is 5.82 Å². The van der Waals surface area contributed by atoms with Crippen molar-refractivity contribution in [3.8, 4) is 5.75 Å². The summed E-state index contributed by atoms with van der Waals surface area (Å²) >= 11 is 9.16. The van der Waals surface area contributed by atoms with Crippen LogP contribution in [-0.4, -0.2) is 11.1 Å². The second kappa shape index (κ2) is 6.24. The maximum atomic E-state index is 12.9. The fourth-order valence-electron chi connectivity index (χ4n) is 1.54. The zero-order chi connectivity index (χ0) is 14.7. The molecule has 1 N–H and O–H groups in total. The third kappa shape index (κ3) is 3.49. The van der Waals surface area contributed by atoms with Crippen LogP contribution in [0.5, 0.6) is 5.75 Å². The molecule has 0 aliphatic heterocycles. The summed E-state index contributed by atoms with van der Waals surface area (Å²) < 4.78 is 19.1. The number of halogens is 3. The van der Waals surface area contributed by atoms with Crippen molar-refractivity contribution in [2.75, 3.05) is 0 Å². The lowest BCUT2D eigenvalue weighted by atomic mass is 10.2. The van der Waals surface area contributed by atoms with Crippen LogP contribution in [-0.2, 0) is 6.61 Å². The van der Waals surface area contributed by atoms with Crippen LogP contribution >= 0.6 is 27.5 Å². The Balaban J connectivity index is 2.18. The van der Waals surface area contributed by atoms with Gasteiger partial charge in [-0.3, -0.25) is 0 Å². The summed E-state index contributed by atoms with van der Waals surface area (Å²) in [4.78, 5) is 10.9. The molecule has 0 spiro atoms. The van der Waals surface area contributed by atoms with Crippen molar-refractivity contribution >= 4 is 33.5 Å². The molecule has 0 unspecified atom stereocenters. The molecule has 2 rings (SSSR count). The second-order valence-electron chi connectivity index (χ2n) is 3.97. The van der Waals surface area contributed by atoms with Gasteiger partial charge in [0.1, 0.15) is 18.2 Å². The maximum Gasteiger partial charge on any atom is 0.335 e. The third-order valence-electron chi connectivity index (χ3n) is 2.58. The summed E-state index contributed by atoms with van der Waals surface area (Å²) in [5.74, 6) is -1.08. The summed E-state index contributed by atoms with van der Waals surface area (Å²) in [5.41, 5.74) is 0.731. The molecule has 0 bridgehead atoms. The van der Waals surface area contributed by atoms with Gasteiger partial charge in [0, 0.05) is 5.56 Å². The van der Waals surface area contributed by atoms with Gasteiger partial charge >= 0.3 is 5.97 Å². The molecule has 6 heteroatoms. The molecule has 0 saturated heterocycles. The highest BCUT2D eigenvalue weighted by molar-refractivity contribution is 9.10. The smallest absolute Gasteiger partial charge is 0.335 e. The summed E-state index contributed by atoms with van der Waals surface area (Å²) in [6.45, 7) is 0.112. The Labute approximate surface area is 128 Å². The normalized spacial score (nSPS) is 10.3. The molecule has 0 amide bonds. The molecular weight excluding hydrogens is 351 g/mol. The van der Waals surface area contributed by atoms with Crippen molar-refractivity contribution < 1.29 is 19.0 Å². The summed E-state index contributed by atoms with van der Waals surface area (Å²) in [7, 11) is 0. The molecule has 0 aliphatic carbocycles. The van der Waals surface area contributed by atoms with Gasteiger partial charge in [-0.2, -0.15) is 0 Å². The van der Waals surface area contributed by atoms with Gasteiger partial charge in [0.05, 0.1) is 15.1 Å². The molecule has 2 aromatic carbocycles. The van der Waals surface area contributed by atoms with Gasteiger partial charge in [-0.15, -0.1) is 0 Å². The van der Waals surface area contributed by atoms with E-state index in [1.165, 1.54) is 30.3 Å². The first kappa shape index (κ1) is 14.8. The summed E-state index contributed by atoms with van der Waals surface area (Å²) in [5, 5.41) is 9.19. The van der Waals surface area contributed by atoms with Crippen LogP contribution in [0.2, 0.25) is 5.02 Å². The number of carboxylic acids is 1. The van der Waals surface area contributed by atoms with E-state index in [-0.39, 0.29) is 17.2 Å². The Hall–Kier alpha value is -1.59. The first-order chi connectivity index (χ1) is 9.47. The molecule has 0 heterocycles. The van der Waals surface area contributed by atoms with Crippen LogP contribution in [0.1, 0.15) is 15.9 Å². The van der Waals surface area contributed by atoms with E-state index in [2.05, 4.69) is 15.9 Å². The van der Waals surface area contributed by atoms with Gasteiger partial charge in [-0.25, -0.2) is 9.18 Å². The number of hydrogen-bond donors (Lipinski definition) is 1. The molecule has 3 nitrogen and oxygen atoms in total. The number of carboxylic acid groups (broad SMARTS) is 1. The van der Waals surface area contributed by atoms with Crippen LogP contribution in [0.4, 0.5) is 4.39 Å². The molecule has 0 radical (unpaired) electrons. The van der Waals surface area contributed by atoms with Gasteiger partial charge in [0.2, 0.25) is 0 Å². The maximum absolute atomic E-state index is 12.9. The van der Waals surface area contributed by atoms with Crippen LogP contribution in [0.25, 0.3) is 0 Å². The molecule has 0 aromatic heterocycles. The van der Waals surface area contributed by atoms with E-state index in [0.717, 1.165) is 0 Å². The van der Waals surface area contributed by atoms with Crippen molar-refractivity contribution in [3.05, 3.63) is 62.8 Å². The standard InChI is InChI=1S/C14H9BrClFO3/c15-11-4-2-8(14(18)19)5-13(11)20-7-9-1-3-10(17)6-12(9)16/h1-6H,7H2,(H,18,19). The van der Waals surface area contributed by atoms with E-state index in [9.17, 15) is 9.18 Å². The molecule has 0 fully saturated rings.